The first-order chi connectivity index (χ1) is 20.8. The number of halogens is 2. The third-order valence-corrected chi connectivity index (χ3v) is 7.51. The van der Waals surface area contributed by atoms with Crippen LogP contribution in [0, 0.1) is 0 Å². The summed E-state index contributed by atoms with van der Waals surface area (Å²) in [7, 11) is 0. The van der Waals surface area contributed by atoms with E-state index in [1.54, 1.807) is 42.2 Å². The van der Waals surface area contributed by atoms with Crippen molar-refractivity contribution in [3.8, 4) is 17.2 Å². The van der Waals surface area contributed by atoms with E-state index in [0.717, 1.165) is 24.8 Å². The molecule has 0 spiro atoms. The minimum absolute atomic E-state index is 0.257. The molecule has 1 aliphatic carbocycles. The molecule has 0 bridgehead atoms. The topological polar surface area (TPSA) is 94.5 Å². The molecule has 0 fully saturated rings. The number of carboxylic acids is 1. The van der Waals surface area contributed by atoms with Crippen molar-refractivity contribution in [2.75, 3.05) is 32.9 Å². The number of hydrogen-bond acceptors (Lipinski definition) is 6. The van der Waals surface area contributed by atoms with Crippen molar-refractivity contribution in [3.05, 3.63) is 87.4 Å². The maximum Gasteiger partial charge on any atom is 0.415 e. The van der Waals surface area contributed by atoms with Crippen LogP contribution >= 0.6 is 23.2 Å². The van der Waals surface area contributed by atoms with Crippen LogP contribution in [0.15, 0.2) is 60.7 Å². The van der Waals surface area contributed by atoms with Gasteiger partial charge in [0.2, 0.25) is 0 Å². The molecule has 43 heavy (non-hydrogen) atoms. The average Bonchev–Trinajstić information content (AvgIpc) is 3.44. The van der Waals surface area contributed by atoms with Gasteiger partial charge in [-0.3, -0.25) is 0 Å². The number of carbonyl (C=O) groups is 2. The number of aliphatic carboxylic acids is 1. The van der Waals surface area contributed by atoms with Crippen molar-refractivity contribution in [3.63, 3.8) is 0 Å². The maximum atomic E-state index is 13.2. The fraction of sp³-hybridized carbons (Fsp3) is 0.394. The number of ether oxygens (including phenoxy) is 4. The number of hydrogen-bond donors (Lipinski definition) is 1. The summed E-state index contributed by atoms with van der Waals surface area (Å²) in [4.78, 5) is 26.2. The molecule has 4 rings (SSSR count). The van der Waals surface area contributed by atoms with Gasteiger partial charge in [-0.25, -0.2) is 9.59 Å². The van der Waals surface area contributed by atoms with Gasteiger partial charge in [0.25, 0.3) is 0 Å². The fourth-order valence-corrected chi connectivity index (χ4v) is 5.41. The Hall–Kier alpha value is -3.46. The molecule has 1 amide bonds. The number of benzene rings is 3. The lowest BCUT2D eigenvalue weighted by Gasteiger charge is -2.22. The van der Waals surface area contributed by atoms with E-state index in [0.29, 0.717) is 66.4 Å². The maximum absolute atomic E-state index is 13.2. The van der Waals surface area contributed by atoms with Crippen LogP contribution in [0.3, 0.4) is 0 Å². The standard InChI is InChI=1S/C33H37Cl2NO7/c1-2-40-31(32(37)38)18-23-8-11-28(12-9-23)42-17-15-36(14-3-4-16-41-30-21-26(34)20-27(35)22-30)33(39)43-29-13-10-24-6-5-7-25(24)19-29/h8-13,19-22,31H,2-7,14-18H2,1H3,(H,37,38). The van der Waals surface area contributed by atoms with Gasteiger partial charge in [-0.2, -0.15) is 0 Å². The van der Waals surface area contributed by atoms with Gasteiger partial charge >= 0.3 is 12.1 Å². The first kappa shape index (κ1) is 32.5. The molecule has 3 aromatic carbocycles. The summed E-state index contributed by atoms with van der Waals surface area (Å²) in [6.45, 7) is 3.57. The van der Waals surface area contributed by atoms with Crippen molar-refractivity contribution in [1.82, 2.24) is 4.90 Å². The zero-order valence-electron chi connectivity index (χ0n) is 24.2. The van der Waals surface area contributed by atoms with Crippen LogP contribution < -0.4 is 14.2 Å². The molecular weight excluding hydrogens is 593 g/mol. The number of carboxylic acid groups (broad SMARTS) is 1. The van der Waals surface area contributed by atoms with E-state index in [9.17, 15) is 14.7 Å². The largest absolute Gasteiger partial charge is 0.493 e. The van der Waals surface area contributed by atoms with Gasteiger partial charge in [-0.05, 0) is 98.2 Å². The van der Waals surface area contributed by atoms with E-state index >= 15 is 0 Å². The van der Waals surface area contributed by atoms with Crippen LogP contribution in [0.25, 0.3) is 0 Å². The lowest BCUT2D eigenvalue weighted by Crippen LogP contribution is -2.37. The quantitative estimate of drug-likeness (QED) is 0.167. The number of aryl methyl sites for hydroxylation is 2. The molecule has 0 heterocycles. The minimum Gasteiger partial charge on any atom is -0.493 e. The van der Waals surface area contributed by atoms with Crippen LogP contribution in [0.5, 0.6) is 17.2 Å². The van der Waals surface area contributed by atoms with Gasteiger partial charge in [0.1, 0.15) is 23.9 Å². The summed E-state index contributed by atoms with van der Waals surface area (Å²) < 4.78 is 22.7. The summed E-state index contributed by atoms with van der Waals surface area (Å²) in [6, 6.07) is 18.1. The summed E-state index contributed by atoms with van der Waals surface area (Å²) in [5, 5.41) is 10.3. The molecule has 1 N–H and O–H groups in total. The van der Waals surface area contributed by atoms with Crippen LogP contribution in [-0.2, 0) is 28.8 Å². The molecule has 0 saturated carbocycles. The number of fused-ring (bicyclic) bond motifs is 1. The molecule has 230 valence electrons. The van der Waals surface area contributed by atoms with Crippen molar-refractivity contribution >= 4 is 35.3 Å². The summed E-state index contributed by atoms with van der Waals surface area (Å²) in [6.07, 6.45) is 3.50. The molecular formula is C33H37Cl2NO7. The summed E-state index contributed by atoms with van der Waals surface area (Å²) >= 11 is 12.1. The Labute approximate surface area is 262 Å². The summed E-state index contributed by atoms with van der Waals surface area (Å²) in [5.41, 5.74) is 3.38. The molecule has 3 aromatic rings. The smallest absolute Gasteiger partial charge is 0.415 e. The Kier molecular flexibility index (Phi) is 12.4. The molecule has 0 aliphatic heterocycles. The monoisotopic (exact) mass is 629 g/mol. The van der Waals surface area contributed by atoms with E-state index in [-0.39, 0.29) is 13.0 Å². The molecule has 8 nitrogen and oxygen atoms in total. The van der Waals surface area contributed by atoms with Gasteiger partial charge in [0, 0.05) is 29.6 Å². The van der Waals surface area contributed by atoms with E-state index in [2.05, 4.69) is 0 Å². The van der Waals surface area contributed by atoms with Crippen molar-refractivity contribution in [1.29, 1.82) is 0 Å². The first-order valence-electron chi connectivity index (χ1n) is 14.5. The van der Waals surface area contributed by atoms with Gasteiger partial charge < -0.3 is 29.0 Å². The van der Waals surface area contributed by atoms with E-state index in [4.69, 9.17) is 42.1 Å². The molecule has 0 saturated heterocycles. The Morgan fingerprint density at radius 1 is 0.837 bits per heavy atom. The third kappa shape index (κ3) is 10.3. The SMILES string of the molecule is CCOC(Cc1ccc(OCCN(CCCCOc2cc(Cl)cc(Cl)c2)C(=O)Oc2ccc3c(c2)CCC3)cc1)C(=O)O. The third-order valence-electron chi connectivity index (χ3n) is 7.08. The van der Waals surface area contributed by atoms with Crippen molar-refractivity contribution in [2.45, 2.75) is 51.6 Å². The van der Waals surface area contributed by atoms with Crippen LogP contribution in [0.1, 0.15) is 42.9 Å². The van der Waals surface area contributed by atoms with Crippen LogP contribution in [0.4, 0.5) is 4.79 Å². The second-order valence-electron chi connectivity index (χ2n) is 10.3. The predicted octanol–water partition coefficient (Wildman–Crippen LogP) is 7.25. The lowest BCUT2D eigenvalue weighted by molar-refractivity contribution is -0.149. The Morgan fingerprint density at radius 2 is 1.53 bits per heavy atom. The lowest BCUT2D eigenvalue weighted by atomic mass is 10.1. The Morgan fingerprint density at radius 3 is 2.26 bits per heavy atom. The second kappa shape index (κ2) is 16.4. The number of unbranched alkanes of at least 4 members (excludes halogenated alkanes) is 1. The molecule has 0 aromatic heterocycles. The van der Waals surface area contributed by atoms with E-state index in [1.165, 1.54) is 11.1 Å². The minimum atomic E-state index is -0.991. The summed E-state index contributed by atoms with van der Waals surface area (Å²) in [5.74, 6) is 0.767. The van der Waals surface area contributed by atoms with Gasteiger partial charge in [0.05, 0.1) is 13.2 Å². The zero-order chi connectivity index (χ0) is 30.6. The van der Waals surface area contributed by atoms with E-state index < -0.39 is 18.2 Å². The number of nitrogens with zero attached hydrogens (tertiary/aromatic N) is 1. The average molecular weight is 631 g/mol. The molecule has 0 radical (unpaired) electrons. The van der Waals surface area contributed by atoms with Gasteiger partial charge in [0.15, 0.2) is 6.10 Å². The zero-order valence-corrected chi connectivity index (χ0v) is 25.7. The Balaban J connectivity index is 1.30. The molecule has 1 atom stereocenters. The number of amides is 1. The molecule has 10 heteroatoms. The Bertz CT molecular complexity index is 1350. The van der Waals surface area contributed by atoms with Gasteiger partial charge in [-0.1, -0.05) is 41.4 Å². The van der Waals surface area contributed by atoms with Gasteiger partial charge in [-0.15, -0.1) is 0 Å². The second-order valence-corrected chi connectivity index (χ2v) is 11.2. The highest BCUT2D eigenvalue weighted by Gasteiger charge is 2.19. The highest BCUT2D eigenvalue weighted by molar-refractivity contribution is 6.34. The number of carbonyl (C=O) groups excluding carboxylic acids is 1. The van der Waals surface area contributed by atoms with Crippen LogP contribution in [0.2, 0.25) is 10.0 Å². The fourth-order valence-electron chi connectivity index (χ4n) is 4.91. The predicted molar refractivity (Wildman–Crippen MR) is 166 cm³/mol. The molecule has 1 unspecified atom stereocenters. The highest BCUT2D eigenvalue weighted by atomic mass is 35.5. The highest BCUT2D eigenvalue weighted by Crippen LogP contribution is 2.27. The molecule has 1 aliphatic rings. The normalized spacial score (nSPS) is 12.8. The van der Waals surface area contributed by atoms with E-state index in [1.807, 2.05) is 30.3 Å². The first-order valence-corrected chi connectivity index (χ1v) is 15.3. The van der Waals surface area contributed by atoms with Crippen molar-refractivity contribution < 1.29 is 33.6 Å². The van der Waals surface area contributed by atoms with Crippen molar-refractivity contribution in [2.24, 2.45) is 0 Å². The van der Waals surface area contributed by atoms with Crippen LogP contribution in [-0.4, -0.2) is 61.1 Å². The number of rotatable bonds is 16.